The van der Waals surface area contributed by atoms with Crippen LogP contribution in [0.15, 0.2) is 0 Å². The van der Waals surface area contributed by atoms with Crippen molar-refractivity contribution in [2.75, 3.05) is 6.54 Å². The van der Waals surface area contributed by atoms with E-state index in [1.807, 2.05) is 13.8 Å². The van der Waals surface area contributed by atoms with E-state index in [1.54, 1.807) is 0 Å². The van der Waals surface area contributed by atoms with Crippen LogP contribution in [0.5, 0.6) is 0 Å². The van der Waals surface area contributed by atoms with Gasteiger partial charge in [0, 0.05) is 11.3 Å². The van der Waals surface area contributed by atoms with Gasteiger partial charge < -0.3 is 5.11 Å². The van der Waals surface area contributed by atoms with Crippen LogP contribution in [0.2, 0.25) is 0 Å². The summed E-state index contributed by atoms with van der Waals surface area (Å²) >= 11 is 0. The summed E-state index contributed by atoms with van der Waals surface area (Å²) in [7, 11) is 0. The lowest BCUT2D eigenvalue weighted by atomic mass is 10.1. The molecule has 0 spiro atoms. The zero-order valence-electron chi connectivity index (χ0n) is 6.28. The molecule has 1 atom stereocenters. The molecule has 60 valence electrons. The molecule has 10 heavy (non-hydrogen) atoms. The van der Waals surface area contributed by atoms with Gasteiger partial charge in [0.1, 0.15) is 0 Å². The molecule has 0 amide bonds. The van der Waals surface area contributed by atoms with Gasteiger partial charge >= 0.3 is 0 Å². The third-order valence-electron chi connectivity index (χ3n) is 1.38. The molecule has 0 aliphatic carbocycles. The zero-order chi connectivity index (χ0) is 8.15. The molecule has 1 unspecified atom stereocenters. The summed E-state index contributed by atoms with van der Waals surface area (Å²) in [6.07, 6.45) is -0.282. The summed E-state index contributed by atoms with van der Waals surface area (Å²) in [6.45, 7) is 3.54. The molecular weight excluding hydrogens is 134 g/mol. The highest BCUT2D eigenvalue weighted by Crippen LogP contribution is 2.04. The first-order chi connectivity index (χ1) is 4.54. The van der Waals surface area contributed by atoms with E-state index in [1.165, 1.54) is 0 Å². The lowest BCUT2D eigenvalue weighted by molar-refractivity contribution is -0.482. The fraction of sp³-hybridized carbons (Fsp3) is 1.00. The molecule has 0 saturated heterocycles. The molecule has 0 heterocycles. The number of aliphatic hydroxyl groups excluding tert-OH is 1. The van der Waals surface area contributed by atoms with Crippen LogP contribution in [0.4, 0.5) is 0 Å². The SMILES string of the molecule is CC(C)C(O)CC[N+](=O)[O-]. The van der Waals surface area contributed by atoms with Crippen molar-refractivity contribution in [2.24, 2.45) is 5.92 Å². The van der Waals surface area contributed by atoms with Crippen LogP contribution in [0.25, 0.3) is 0 Å². The van der Waals surface area contributed by atoms with Crippen LogP contribution >= 0.6 is 0 Å². The predicted octanol–water partition coefficient (Wildman–Crippen LogP) is 0.670. The molecule has 0 aromatic carbocycles. The first-order valence-corrected chi connectivity index (χ1v) is 3.34. The fourth-order valence-corrected chi connectivity index (χ4v) is 0.571. The molecule has 0 bridgehead atoms. The third-order valence-corrected chi connectivity index (χ3v) is 1.38. The van der Waals surface area contributed by atoms with Crippen LogP contribution in [0.1, 0.15) is 20.3 Å². The largest absolute Gasteiger partial charge is 0.393 e. The molecule has 0 rings (SSSR count). The third kappa shape index (κ3) is 4.26. The minimum absolute atomic E-state index is 0.111. The topological polar surface area (TPSA) is 63.4 Å². The Hall–Kier alpha value is -0.640. The Morgan fingerprint density at radius 3 is 2.40 bits per heavy atom. The summed E-state index contributed by atoms with van der Waals surface area (Å²) in [6, 6.07) is 0. The molecule has 4 nitrogen and oxygen atoms in total. The summed E-state index contributed by atoms with van der Waals surface area (Å²) < 4.78 is 0. The van der Waals surface area contributed by atoms with E-state index in [2.05, 4.69) is 0 Å². The van der Waals surface area contributed by atoms with Crippen molar-refractivity contribution in [3.8, 4) is 0 Å². The number of nitrogens with zero attached hydrogens (tertiary/aromatic N) is 1. The van der Waals surface area contributed by atoms with Crippen LogP contribution in [0, 0.1) is 16.0 Å². The van der Waals surface area contributed by atoms with Crippen LogP contribution in [-0.4, -0.2) is 22.7 Å². The highest BCUT2D eigenvalue weighted by Gasteiger charge is 2.11. The Labute approximate surface area is 60.0 Å². The van der Waals surface area contributed by atoms with Crippen molar-refractivity contribution in [1.29, 1.82) is 0 Å². The van der Waals surface area contributed by atoms with Gasteiger partial charge in [0.2, 0.25) is 6.54 Å². The van der Waals surface area contributed by atoms with Crippen molar-refractivity contribution >= 4 is 0 Å². The van der Waals surface area contributed by atoms with Crippen LogP contribution < -0.4 is 0 Å². The average Bonchev–Trinajstić information content (AvgIpc) is 1.82. The van der Waals surface area contributed by atoms with Crippen LogP contribution in [0.3, 0.4) is 0 Å². The second kappa shape index (κ2) is 4.22. The minimum Gasteiger partial charge on any atom is -0.393 e. The van der Waals surface area contributed by atoms with Gasteiger partial charge in [-0.05, 0) is 5.92 Å². The summed E-state index contributed by atoms with van der Waals surface area (Å²) in [5.41, 5.74) is 0. The molecular formula is C6H13NO3. The maximum absolute atomic E-state index is 9.82. The van der Waals surface area contributed by atoms with E-state index in [9.17, 15) is 10.1 Å². The van der Waals surface area contributed by atoms with Crippen molar-refractivity contribution in [3.05, 3.63) is 10.1 Å². The zero-order valence-corrected chi connectivity index (χ0v) is 6.28. The fourth-order valence-electron chi connectivity index (χ4n) is 0.571. The van der Waals surface area contributed by atoms with E-state index in [-0.39, 0.29) is 18.9 Å². The summed E-state index contributed by atoms with van der Waals surface area (Å²) in [5.74, 6) is 0.111. The minimum atomic E-state index is -0.537. The smallest absolute Gasteiger partial charge is 0.206 e. The van der Waals surface area contributed by atoms with Crippen molar-refractivity contribution < 1.29 is 10.0 Å². The molecule has 0 aromatic heterocycles. The Morgan fingerprint density at radius 1 is 1.60 bits per heavy atom. The lowest BCUT2D eigenvalue weighted by Gasteiger charge is -2.10. The van der Waals surface area contributed by atoms with Gasteiger partial charge in [0.15, 0.2) is 0 Å². The first-order valence-electron chi connectivity index (χ1n) is 3.34. The molecule has 0 radical (unpaired) electrons. The molecule has 0 aliphatic rings. The summed E-state index contributed by atoms with van der Waals surface area (Å²) in [5, 5.41) is 18.9. The number of hydrogen-bond donors (Lipinski definition) is 1. The van der Waals surface area contributed by atoms with Gasteiger partial charge in [-0.1, -0.05) is 13.8 Å². The normalized spacial score (nSPS) is 13.6. The molecule has 0 fully saturated rings. The van der Waals surface area contributed by atoms with Gasteiger partial charge in [-0.2, -0.15) is 0 Å². The van der Waals surface area contributed by atoms with E-state index in [4.69, 9.17) is 5.11 Å². The maximum Gasteiger partial charge on any atom is 0.206 e. The van der Waals surface area contributed by atoms with Gasteiger partial charge in [0.05, 0.1) is 6.10 Å². The van der Waals surface area contributed by atoms with Gasteiger partial charge in [-0.3, -0.25) is 10.1 Å². The van der Waals surface area contributed by atoms with E-state index >= 15 is 0 Å². The Morgan fingerprint density at radius 2 is 2.10 bits per heavy atom. The maximum atomic E-state index is 9.82. The second-order valence-electron chi connectivity index (χ2n) is 2.66. The Balaban J connectivity index is 3.39. The monoisotopic (exact) mass is 147 g/mol. The standard InChI is InChI=1S/C6H13NO3/c1-5(2)6(8)3-4-7(9)10/h5-6,8H,3-4H2,1-2H3. The van der Waals surface area contributed by atoms with E-state index < -0.39 is 11.0 Å². The Kier molecular flexibility index (Phi) is 3.95. The molecule has 1 N–H and O–H groups in total. The molecule has 4 heteroatoms. The molecule has 0 saturated carbocycles. The van der Waals surface area contributed by atoms with Crippen molar-refractivity contribution in [3.63, 3.8) is 0 Å². The van der Waals surface area contributed by atoms with Gasteiger partial charge in [-0.25, -0.2) is 0 Å². The Bertz CT molecular complexity index is 114. The number of aliphatic hydroxyl groups is 1. The summed E-state index contributed by atoms with van der Waals surface area (Å²) in [4.78, 5) is 9.41. The van der Waals surface area contributed by atoms with Crippen molar-refractivity contribution in [1.82, 2.24) is 0 Å². The second-order valence-corrected chi connectivity index (χ2v) is 2.66. The quantitative estimate of drug-likeness (QED) is 0.469. The predicted molar refractivity (Wildman–Crippen MR) is 37.3 cm³/mol. The molecule has 0 aliphatic heterocycles. The number of hydrogen-bond acceptors (Lipinski definition) is 3. The van der Waals surface area contributed by atoms with E-state index in [0.29, 0.717) is 0 Å². The van der Waals surface area contributed by atoms with Crippen LogP contribution in [-0.2, 0) is 0 Å². The number of nitro groups is 1. The average molecular weight is 147 g/mol. The van der Waals surface area contributed by atoms with Crippen molar-refractivity contribution in [2.45, 2.75) is 26.4 Å². The lowest BCUT2D eigenvalue weighted by Crippen LogP contribution is -2.18. The van der Waals surface area contributed by atoms with Gasteiger partial charge in [-0.15, -0.1) is 0 Å². The number of rotatable bonds is 4. The highest BCUT2D eigenvalue weighted by atomic mass is 16.6. The molecule has 0 aromatic rings. The van der Waals surface area contributed by atoms with E-state index in [0.717, 1.165) is 0 Å². The highest BCUT2D eigenvalue weighted by molar-refractivity contribution is 4.57. The van der Waals surface area contributed by atoms with Gasteiger partial charge in [0.25, 0.3) is 0 Å². The first kappa shape index (κ1) is 9.36.